The molecule has 116 valence electrons. The molecule has 6 heteroatoms. The fraction of sp³-hybridized carbons (Fsp3) is 0.400. The van der Waals surface area contributed by atoms with Gasteiger partial charge in [0.25, 0.3) is 0 Å². The molecule has 0 saturated carbocycles. The average Bonchev–Trinajstić information content (AvgIpc) is 2.37. The quantitative estimate of drug-likeness (QED) is 0.777. The summed E-state index contributed by atoms with van der Waals surface area (Å²) in [6, 6.07) is 0. The van der Waals surface area contributed by atoms with Gasteiger partial charge in [-0.25, -0.2) is 8.42 Å². The largest absolute Gasteiger partial charge is 0.352 e. The van der Waals surface area contributed by atoms with E-state index >= 15 is 0 Å². The maximum atomic E-state index is 11.7. The lowest BCUT2D eigenvalue weighted by molar-refractivity contribution is -0.118. The summed E-state index contributed by atoms with van der Waals surface area (Å²) in [6.45, 7) is 10.8. The smallest absolute Gasteiger partial charge is 0.225 e. The molecule has 21 heavy (non-hydrogen) atoms. The van der Waals surface area contributed by atoms with Crippen LogP contribution in [-0.2, 0) is 15.7 Å². The fourth-order valence-corrected chi connectivity index (χ4v) is 3.27. The number of hydrogen-bond donors (Lipinski definition) is 2. The number of amides is 1. The van der Waals surface area contributed by atoms with E-state index < -0.39 is 16.4 Å². The maximum absolute atomic E-state index is 11.7. The Morgan fingerprint density at radius 3 is 2.52 bits per heavy atom. The van der Waals surface area contributed by atoms with Crippen LogP contribution >= 0.6 is 0 Å². The number of hydrogen-bond acceptors (Lipinski definition) is 3. The van der Waals surface area contributed by atoms with Crippen LogP contribution < -0.4 is 5.32 Å². The summed E-state index contributed by atoms with van der Waals surface area (Å²) in [4.78, 5) is 11.1. The van der Waals surface area contributed by atoms with Crippen LogP contribution in [0.25, 0.3) is 0 Å². The molecule has 1 heterocycles. The highest BCUT2D eigenvalue weighted by atomic mass is 32.2. The number of thiol groups is 1. The summed E-state index contributed by atoms with van der Waals surface area (Å²) < 4.78 is 24.8. The lowest BCUT2D eigenvalue weighted by Gasteiger charge is -2.43. The number of allylic oxidation sites excluding steroid dienone is 4. The first-order valence-electron chi connectivity index (χ1n) is 6.65. The number of rotatable bonds is 4. The molecule has 0 radical (unpaired) electrons. The first-order valence-corrected chi connectivity index (χ1v) is 7.78. The molecular weight excluding hydrogens is 288 g/mol. The van der Waals surface area contributed by atoms with Crippen LogP contribution in [0.5, 0.6) is 0 Å². The van der Waals surface area contributed by atoms with E-state index in [-0.39, 0.29) is 5.91 Å². The minimum Gasteiger partial charge on any atom is -0.352 e. The Morgan fingerprint density at radius 1 is 1.48 bits per heavy atom. The monoisotopic (exact) mass is 310 g/mol. The van der Waals surface area contributed by atoms with Crippen molar-refractivity contribution in [3.8, 4) is 0 Å². The van der Waals surface area contributed by atoms with Crippen molar-refractivity contribution >= 4 is 16.8 Å². The lowest BCUT2D eigenvalue weighted by atomic mass is 9.86. The Kier molecular flexibility index (Phi) is 5.54. The molecule has 0 aliphatic carbocycles. The summed E-state index contributed by atoms with van der Waals surface area (Å²) in [5.74, 6) is -0.157. The average molecular weight is 310 g/mol. The first kappa shape index (κ1) is 17.2. The van der Waals surface area contributed by atoms with Crippen molar-refractivity contribution in [2.24, 2.45) is 0 Å². The minimum absolute atomic E-state index is 0.157. The van der Waals surface area contributed by atoms with Crippen molar-refractivity contribution in [1.82, 2.24) is 9.62 Å². The highest BCUT2D eigenvalue weighted by molar-refractivity contribution is 7.70. The van der Waals surface area contributed by atoms with Crippen LogP contribution in [0.2, 0.25) is 0 Å². The highest BCUT2D eigenvalue weighted by Crippen LogP contribution is 2.37. The van der Waals surface area contributed by atoms with Gasteiger partial charge in [0, 0.05) is 13.5 Å². The summed E-state index contributed by atoms with van der Waals surface area (Å²) in [7, 11) is -2.81. The van der Waals surface area contributed by atoms with Gasteiger partial charge in [-0.3, -0.25) is 9.10 Å². The van der Waals surface area contributed by atoms with E-state index in [9.17, 15) is 13.2 Å². The molecule has 0 atom stereocenters. The van der Waals surface area contributed by atoms with E-state index in [4.69, 9.17) is 0 Å². The Balaban J connectivity index is 3.44. The second kappa shape index (κ2) is 6.76. The van der Waals surface area contributed by atoms with Crippen molar-refractivity contribution in [3.63, 3.8) is 0 Å². The van der Waals surface area contributed by atoms with Gasteiger partial charge in [0.15, 0.2) is 0 Å². The molecular formula is C15H22N2O3S. The molecule has 0 fully saturated rings. The van der Waals surface area contributed by atoms with Crippen LogP contribution in [0.3, 0.4) is 0 Å². The molecule has 1 amide bonds. The van der Waals surface area contributed by atoms with Crippen LogP contribution in [-0.4, -0.2) is 30.7 Å². The summed E-state index contributed by atoms with van der Waals surface area (Å²) in [6.07, 6.45) is 7.03. The van der Waals surface area contributed by atoms with E-state index in [2.05, 4.69) is 11.9 Å². The van der Waals surface area contributed by atoms with E-state index in [1.165, 1.54) is 11.2 Å². The molecule has 0 aromatic heterocycles. The van der Waals surface area contributed by atoms with Crippen molar-refractivity contribution in [3.05, 3.63) is 47.7 Å². The van der Waals surface area contributed by atoms with Crippen LogP contribution in [0.1, 0.15) is 27.7 Å². The van der Waals surface area contributed by atoms with Gasteiger partial charge in [-0.2, -0.15) is 0 Å². The molecule has 0 spiro atoms. The second-order valence-electron chi connectivity index (χ2n) is 5.22. The van der Waals surface area contributed by atoms with Gasteiger partial charge in [0.05, 0.1) is 11.2 Å². The molecule has 0 aromatic rings. The number of carbonyl (C=O) groups excluding carboxylic acids is 1. The van der Waals surface area contributed by atoms with Crippen molar-refractivity contribution in [2.45, 2.75) is 33.2 Å². The lowest BCUT2D eigenvalue weighted by Crippen LogP contribution is -2.49. The zero-order chi connectivity index (χ0) is 16.2. The Labute approximate surface area is 127 Å². The standard InChI is InChI=1S/C15H22N2O3S/c1-6-8-12-9-13(10-16-11(3)18)15(4,5)17(21(19)20)14(12)7-2/h6-9,21H,1,10H2,2-5H3,(H,16,18)/b12-8-,14-7+. The van der Waals surface area contributed by atoms with Crippen molar-refractivity contribution in [2.75, 3.05) is 6.54 Å². The fourth-order valence-electron chi connectivity index (χ4n) is 2.33. The molecule has 1 aliphatic rings. The number of carbonyl (C=O) groups is 1. The number of nitrogens with zero attached hydrogens (tertiary/aromatic N) is 1. The highest BCUT2D eigenvalue weighted by Gasteiger charge is 2.38. The van der Waals surface area contributed by atoms with Crippen molar-refractivity contribution in [1.29, 1.82) is 0 Å². The third kappa shape index (κ3) is 3.64. The molecule has 1 N–H and O–H groups in total. The molecule has 0 saturated heterocycles. The first-order chi connectivity index (χ1) is 9.75. The minimum atomic E-state index is -2.81. The molecule has 5 nitrogen and oxygen atoms in total. The van der Waals surface area contributed by atoms with Gasteiger partial charge < -0.3 is 5.32 Å². The van der Waals surface area contributed by atoms with Gasteiger partial charge in [0.2, 0.25) is 16.8 Å². The Bertz CT molecular complexity index is 602. The third-order valence-electron chi connectivity index (χ3n) is 3.43. The van der Waals surface area contributed by atoms with Crippen LogP contribution in [0.15, 0.2) is 47.7 Å². The molecule has 0 aromatic carbocycles. The van der Waals surface area contributed by atoms with Crippen LogP contribution in [0, 0.1) is 0 Å². The topological polar surface area (TPSA) is 66.5 Å². The van der Waals surface area contributed by atoms with Gasteiger partial charge in [-0.1, -0.05) is 24.8 Å². The van der Waals surface area contributed by atoms with Crippen LogP contribution in [0.4, 0.5) is 0 Å². The molecule has 0 bridgehead atoms. The maximum Gasteiger partial charge on any atom is 0.225 e. The summed E-state index contributed by atoms with van der Waals surface area (Å²) in [5.41, 5.74) is 1.45. The van der Waals surface area contributed by atoms with Gasteiger partial charge >= 0.3 is 0 Å². The Morgan fingerprint density at radius 2 is 2.10 bits per heavy atom. The van der Waals surface area contributed by atoms with Gasteiger partial charge in [-0.15, -0.1) is 0 Å². The SMILES string of the molecule is C=C/C=C1/C=C(CNC(C)=O)C(C)(C)N([SH](=O)=O)/C1=C/C. The normalized spacial score (nSPS) is 21.6. The predicted molar refractivity (Wildman–Crippen MR) is 85.0 cm³/mol. The molecule has 0 unspecified atom stereocenters. The summed E-state index contributed by atoms with van der Waals surface area (Å²) >= 11 is 0. The van der Waals surface area contributed by atoms with Gasteiger partial charge in [0.1, 0.15) is 0 Å². The zero-order valence-corrected chi connectivity index (χ0v) is 13.7. The predicted octanol–water partition coefficient (Wildman–Crippen LogP) is 1.69. The third-order valence-corrected chi connectivity index (χ3v) is 4.47. The van der Waals surface area contributed by atoms with Gasteiger partial charge in [-0.05, 0) is 38.0 Å². The second-order valence-corrected chi connectivity index (χ2v) is 6.10. The zero-order valence-electron chi connectivity index (χ0n) is 12.8. The number of nitrogens with one attached hydrogen (secondary N) is 1. The Hall–Kier alpha value is -1.82. The van der Waals surface area contributed by atoms with E-state index in [1.807, 2.05) is 19.9 Å². The van der Waals surface area contributed by atoms with Crippen molar-refractivity contribution < 1.29 is 13.2 Å². The van der Waals surface area contributed by atoms with E-state index in [1.54, 1.807) is 25.2 Å². The summed E-state index contributed by atoms with van der Waals surface area (Å²) in [5, 5.41) is 2.72. The van der Waals surface area contributed by atoms with E-state index in [0.29, 0.717) is 12.2 Å². The molecule has 1 aliphatic heterocycles. The molecule has 1 rings (SSSR count). The van der Waals surface area contributed by atoms with E-state index in [0.717, 1.165) is 11.1 Å².